The highest BCUT2D eigenvalue weighted by molar-refractivity contribution is 5.98. The molecule has 0 aromatic heterocycles. The van der Waals surface area contributed by atoms with Crippen LogP contribution in [0.15, 0.2) is 48.5 Å². The molecule has 0 saturated heterocycles. The van der Waals surface area contributed by atoms with Crippen LogP contribution in [0.2, 0.25) is 0 Å². The lowest BCUT2D eigenvalue weighted by molar-refractivity contribution is -0.138. The Hall–Kier alpha value is -2.83. The molecule has 3 rings (SSSR count). The molecule has 2 N–H and O–H groups in total. The van der Waals surface area contributed by atoms with Crippen LogP contribution in [0.25, 0.3) is 0 Å². The molecule has 4 nitrogen and oxygen atoms in total. The van der Waals surface area contributed by atoms with Crippen molar-refractivity contribution >= 4 is 17.5 Å². The van der Waals surface area contributed by atoms with Crippen molar-refractivity contribution in [1.29, 1.82) is 0 Å². The number of benzene rings is 2. The molecule has 0 spiro atoms. The number of carbonyl (C=O) groups excluding carboxylic acids is 2. The Kier molecular flexibility index (Phi) is 4.48. The molecule has 26 heavy (non-hydrogen) atoms. The van der Waals surface area contributed by atoms with E-state index in [0.717, 1.165) is 6.07 Å². The molecule has 0 heterocycles. The van der Waals surface area contributed by atoms with Crippen molar-refractivity contribution in [2.75, 3.05) is 11.9 Å². The zero-order valence-electron chi connectivity index (χ0n) is 14.0. The maximum atomic E-state index is 13.2. The molecule has 0 bridgehead atoms. The number of carbonyl (C=O) groups is 2. The van der Waals surface area contributed by atoms with Crippen LogP contribution in [0.4, 0.5) is 18.9 Å². The minimum Gasteiger partial charge on any atom is -0.366 e. The third-order valence-electron chi connectivity index (χ3n) is 4.64. The number of nitrogens with zero attached hydrogens (tertiary/aromatic N) is 1. The molecule has 0 unspecified atom stereocenters. The zero-order valence-corrected chi connectivity index (χ0v) is 14.0. The van der Waals surface area contributed by atoms with E-state index in [2.05, 4.69) is 0 Å². The predicted molar refractivity (Wildman–Crippen MR) is 90.7 cm³/mol. The molecule has 1 fully saturated rings. The summed E-state index contributed by atoms with van der Waals surface area (Å²) >= 11 is 0. The predicted octanol–water partition coefficient (Wildman–Crippen LogP) is 3.57. The largest absolute Gasteiger partial charge is 0.416 e. The summed E-state index contributed by atoms with van der Waals surface area (Å²) < 4.78 is 39.5. The quantitative estimate of drug-likeness (QED) is 0.904. The summed E-state index contributed by atoms with van der Waals surface area (Å²) in [5.41, 5.74) is 5.52. The fraction of sp³-hybridized carbons (Fsp3) is 0.263. The first kappa shape index (κ1) is 18.0. The number of rotatable bonds is 4. The van der Waals surface area contributed by atoms with E-state index in [-0.39, 0.29) is 11.5 Å². The van der Waals surface area contributed by atoms with E-state index in [1.807, 2.05) is 0 Å². The van der Waals surface area contributed by atoms with Crippen molar-refractivity contribution in [3.05, 3.63) is 65.2 Å². The Morgan fingerprint density at radius 1 is 1.08 bits per heavy atom. The van der Waals surface area contributed by atoms with Crippen molar-refractivity contribution in [1.82, 2.24) is 0 Å². The number of alkyl halides is 3. The average Bonchev–Trinajstić information content (AvgIpc) is 3.40. The number of anilines is 1. The van der Waals surface area contributed by atoms with Crippen LogP contribution in [0.3, 0.4) is 0 Å². The van der Waals surface area contributed by atoms with Gasteiger partial charge in [0.15, 0.2) is 0 Å². The van der Waals surface area contributed by atoms with E-state index in [1.165, 1.54) is 29.2 Å². The van der Waals surface area contributed by atoms with E-state index in [4.69, 9.17) is 5.73 Å². The van der Waals surface area contributed by atoms with Gasteiger partial charge in [0.1, 0.15) is 0 Å². The first-order valence-electron chi connectivity index (χ1n) is 8.03. The maximum absolute atomic E-state index is 13.2. The maximum Gasteiger partial charge on any atom is 0.416 e. The van der Waals surface area contributed by atoms with E-state index in [9.17, 15) is 22.8 Å². The highest BCUT2D eigenvalue weighted by Crippen LogP contribution is 2.51. The summed E-state index contributed by atoms with van der Waals surface area (Å²) in [6.07, 6.45) is -4.06. The molecule has 1 saturated carbocycles. The van der Waals surface area contributed by atoms with Crippen molar-refractivity contribution in [2.24, 2.45) is 11.7 Å². The third-order valence-corrected chi connectivity index (χ3v) is 4.64. The molecule has 1 aliphatic rings. The van der Waals surface area contributed by atoms with Crippen LogP contribution >= 0.6 is 0 Å². The van der Waals surface area contributed by atoms with Gasteiger partial charge in [0.25, 0.3) is 0 Å². The van der Waals surface area contributed by atoms with Crippen LogP contribution in [0, 0.1) is 5.92 Å². The summed E-state index contributed by atoms with van der Waals surface area (Å²) in [5.74, 6) is -1.75. The lowest BCUT2D eigenvalue weighted by Crippen LogP contribution is -2.28. The Labute approximate surface area is 148 Å². The summed E-state index contributed by atoms with van der Waals surface area (Å²) in [5, 5.41) is 0. The lowest BCUT2D eigenvalue weighted by atomic mass is 10.0. The molecule has 1 aliphatic carbocycles. The smallest absolute Gasteiger partial charge is 0.366 e. The van der Waals surface area contributed by atoms with Gasteiger partial charge in [-0.2, -0.15) is 13.2 Å². The SMILES string of the molecule is CN(C(=O)[C@H]1C[C@@H]1c1ccccc1C(F)(F)F)c1ccc(C(N)=O)cc1. The van der Waals surface area contributed by atoms with E-state index < -0.39 is 29.5 Å². The highest BCUT2D eigenvalue weighted by atomic mass is 19.4. The van der Waals surface area contributed by atoms with E-state index in [1.54, 1.807) is 25.2 Å². The molecule has 2 amide bonds. The van der Waals surface area contributed by atoms with Gasteiger partial charge in [-0.3, -0.25) is 9.59 Å². The molecule has 2 atom stereocenters. The molecular weight excluding hydrogens is 345 g/mol. The highest BCUT2D eigenvalue weighted by Gasteiger charge is 2.48. The number of nitrogens with two attached hydrogens (primary N) is 1. The Morgan fingerprint density at radius 3 is 2.27 bits per heavy atom. The second-order valence-corrected chi connectivity index (χ2v) is 6.34. The molecular formula is C19H17F3N2O2. The zero-order chi connectivity index (χ0) is 19.1. The van der Waals surface area contributed by atoms with Gasteiger partial charge in [-0.05, 0) is 48.2 Å². The van der Waals surface area contributed by atoms with Crippen LogP contribution in [-0.4, -0.2) is 18.9 Å². The lowest BCUT2D eigenvalue weighted by Gasteiger charge is -2.18. The van der Waals surface area contributed by atoms with Crippen molar-refractivity contribution in [2.45, 2.75) is 18.5 Å². The van der Waals surface area contributed by atoms with Gasteiger partial charge >= 0.3 is 6.18 Å². The van der Waals surface area contributed by atoms with Gasteiger partial charge in [-0.15, -0.1) is 0 Å². The van der Waals surface area contributed by atoms with E-state index >= 15 is 0 Å². The van der Waals surface area contributed by atoms with Crippen molar-refractivity contribution in [3.63, 3.8) is 0 Å². The Bertz CT molecular complexity index is 847. The monoisotopic (exact) mass is 362 g/mol. The van der Waals surface area contributed by atoms with Crippen molar-refractivity contribution < 1.29 is 22.8 Å². The minimum atomic E-state index is -4.44. The van der Waals surface area contributed by atoms with Crippen LogP contribution < -0.4 is 10.6 Å². The van der Waals surface area contributed by atoms with Gasteiger partial charge < -0.3 is 10.6 Å². The number of hydrogen-bond donors (Lipinski definition) is 1. The first-order chi connectivity index (χ1) is 12.2. The minimum absolute atomic E-state index is 0.163. The molecule has 0 radical (unpaired) electrons. The van der Waals surface area contributed by atoms with Gasteiger partial charge in [-0.25, -0.2) is 0 Å². The van der Waals surface area contributed by atoms with Gasteiger partial charge in [0.2, 0.25) is 11.8 Å². The van der Waals surface area contributed by atoms with Crippen LogP contribution in [0.5, 0.6) is 0 Å². The summed E-state index contributed by atoms with van der Waals surface area (Å²) in [7, 11) is 1.56. The van der Waals surface area contributed by atoms with Crippen molar-refractivity contribution in [3.8, 4) is 0 Å². The summed E-state index contributed by atoms with van der Waals surface area (Å²) in [6, 6.07) is 11.5. The average molecular weight is 362 g/mol. The normalized spacial score (nSPS) is 19.1. The molecule has 136 valence electrons. The third kappa shape index (κ3) is 3.42. The Balaban J connectivity index is 1.76. The number of amides is 2. The fourth-order valence-electron chi connectivity index (χ4n) is 3.12. The second-order valence-electron chi connectivity index (χ2n) is 6.34. The van der Waals surface area contributed by atoms with Gasteiger partial charge in [0.05, 0.1) is 5.56 Å². The number of primary amides is 1. The molecule has 2 aromatic carbocycles. The first-order valence-corrected chi connectivity index (χ1v) is 8.03. The molecule has 0 aliphatic heterocycles. The van der Waals surface area contributed by atoms with E-state index in [0.29, 0.717) is 17.7 Å². The second kappa shape index (κ2) is 6.48. The summed E-state index contributed by atoms with van der Waals surface area (Å²) in [6.45, 7) is 0. The molecule has 7 heteroatoms. The standard InChI is InChI=1S/C19H17F3N2O2/c1-24(12-8-6-11(7-9-12)17(23)25)18(26)15-10-14(15)13-4-2-3-5-16(13)19(20,21)22/h2-9,14-15H,10H2,1H3,(H2,23,25)/t14-,15+/m1/s1. The topological polar surface area (TPSA) is 63.4 Å². The van der Waals surface area contributed by atoms with Gasteiger partial charge in [0, 0.05) is 24.2 Å². The number of hydrogen-bond acceptors (Lipinski definition) is 2. The van der Waals surface area contributed by atoms with Crippen LogP contribution in [-0.2, 0) is 11.0 Å². The Morgan fingerprint density at radius 2 is 1.69 bits per heavy atom. The van der Waals surface area contributed by atoms with Gasteiger partial charge in [-0.1, -0.05) is 18.2 Å². The fourth-order valence-corrected chi connectivity index (χ4v) is 3.12. The number of halogens is 3. The molecule has 2 aromatic rings. The van der Waals surface area contributed by atoms with Crippen LogP contribution in [0.1, 0.15) is 33.8 Å². The summed E-state index contributed by atoms with van der Waals surface area (Å²) in [4.78, 5) is 25.1.